The molecule has 1 aromatic carbocycles. The second-order valence-corrected chi connectivity index (χ2v) is 9.49. The zero-order chi connectivity index (χ0) is 21.5. The molecule has 6 heteroatoms. The Bertz CT molecular complexity index is 943. The minimum atomic E-state index is -0.566. The lowest BCUT2D eigenvalue weighted by molar-refractivity contribution is -0.114. The minimum Gasteiger partial charge on any atom is -0.507 e. The molecule has 162 valence electrons. The molecule has 0 amide bonds. The number of rotatable bonds is 6. The van der Waals surface area contributed by atoms with Gasteiger partial charge in [-0.1, -0.05) is 6.08 Å². The summed E-state index contributed by atoms with van der Waals surface area (Å²) in [5.74, 6) is 0.765. The van der Waals surface area contributed by atoms with Gasteiger partial charge in [0, 0.05) is 45.2 Å². The molecule has 2 aromatic rings. The predicted octanol–water partition coefficient (Wildman–Crippen LogP) is 4.46. The Morgan fingerprint density at radius 2 is 2.03 bits per heavy atom. The second-order valence-electron chi connectivity index (χ2n) is 8.41. The third kappa shape index (κ3) is 3.78. The summed E-state index contributed by atoms with van der Waals surface area (Å²) in [5.41, 5.74) is 2.85. The van der Waals surface area contributed by atoms with E-state index in [0.29, 0.717) is 24.2 Å². The van der Waals surface area contributed by atoms with Gasteiger partial charge in [-0.2, -0.15) is 0 Å². The number of allylic oxidation sites excluding steroid dienone is 1. The molecule has 2 fully saturated rings. The van der Waals surface area contributed by atoms with Crippen LogP contribution in [-0.2, 0) is 10.2 Å². The number of hydrogen-bond acceptors (Lipinski definition) is 6. The molecule has 1 aromatic heterocycles. The van der Waals surface area contributed by atoms with E-state index in [-0.39, 0.29) is 17.8 Å². The third-order valence-corrected chi connectivity index (χ3v) is 7.70. The number of aliphatic hydroxyl groups excluding tert-OH is 2. The van der Waals surface area contributed by atoms with Crippen LogP contribution in [0.3, 0.4) is 0 Å². The van der Waals surface area contributed by atoms with Crippen molar-refractivity contribution in [1.82, 2.24) is 0 Å². The van der Waals surface area contributed by atoms with Gasteiger partial charge in [-0.3, -0.25) is 0 Å². The number of aryl methyl sites for hydroxylation is 1. The smallest absolute Gasteiger partial charge is 0.126 e. The number of aromatic hydroxyl groups is 1. The van der Waals surface area contributed by atoms with E-state index in [2.05, 4.69) is 25.1 Å². The van der Waals surface area contributed by atoms with Gasteiger partial charge in [0.05, 0.1) is 32.0 Å². The van der Waals surface area contributed by atoms with Crippen LogP contribution in [0.2, 0.25) is 0 Å². The summed E-state index contributed by atoms with van der Waals surface area (Å²) in [7, 11) is 1.63. The molecule has 2 aliphatic rings. The molecule has 0 bridgehead atoms. The van der Waals surface area contributed by atoms with Gasteiger partial charge in [0.2, 0.25) is 0 Å². The lowest BCUT2D eigenvalue weighted by Gasteiger charge is -2.33. The topological polar surface area (TPSA) is 79.2 Å². The Kier molecular flexibility index (Phi) is 5.95. The maximum absolute atomic E-state index is 10.7. The Balaban J connectivity index is 1.76. The normalized spacial score (nSPS) is 25.6. The number of aliphatic hydroxyl groups is 2. The van der Waals surface area contributed by atoms with Crippen LogP contribution in [0.15, 0.2) is 24.3 Å². The minimum absolute atomic E-state index is 0.0964. The van der Waals surface area contributed by atoms with Crippen LogP contribution in [0.5, 0.6) is 11.5 Å². The quantitative estimate of drug-likeness (QED) is 0.631. The van der Waals surface area contributed by atoms with E-state index in [4.69, 9.17) is 9.47 Å². The highest BCUT2D eigenvalue weighted by Crippen LogP contribution is 2.59. The summed E-state index contributed by atoms with van der Waals surface area (Å²) in [6.45, 7) is 4.01. The number of thiophene rings is 1. The van der Waals surface area contributed by atoms with Crippen LogP contribution in [0.25, 0.3) is 6.08 Å². The predicted molar refractivity (Wildman–Crippen MR) is 118 cm³/mol. The fourth-order valence-corrected chi connectivity index (χ4v) is 5.92. The van der Waals surface area contributed by atoms with Crippen LogP contribution < -0.4 is 4.74 Å². The Labute approximate surface area is 181 Å². The summed E-state index contributed by atoms with van der Waals surface area (Å²) in [5, 5.41) is 30.5. The highest BCUT2D eigenvalue weighted by molar-refractivity contribution is 7.13. The molecule has 3 atom stereocenters. The Morgan fingerprint density at radius 1 is 1.27 bits per heavy atom. The zero-order valence-corrected chi connectivity index (χ0v) is 18.5. The number of methoxy groups -OCH3 is 1. The van der Waals surface area contributed by atoms with Gasteiger partial charge in [-0.05, 0) is 50.5 Å². The monoisotopic (exact) mass is 430 g/mol. The average molecular weight is 431 g/mol. The molecule has 1 aliphatic carbocycles. The fourth-order valence-electron chi connectivity index (χ4n) is 4.52. The van der Waals surface area contributed by atoms with Crippen LogP contribution in [0.1, 0.15) is 65.2 Å². The van der Waals surface area contributed by atoms with E-state index in [9.17, 15) is 15.3 Å². The van der Waals surface area contributed by atoms with E-state index in [1.54, 1.807) is 13.2 Å². The molecule has 1 saturated carbocycles. The fraction of sp³-hybridized carbons (Fsp3) is 0.500. The molecule has 0 radical (unpaired) electrons. The lowest BCUT2D eigenvalue weighted by atomic mass is 9.88. The van der Waals surface area contributed by atoms with Crippen molar-refractivity contribution in [2.45, 2.75) is 63.3 Å². The highest BCUT2D eigenvalue weighted by Gasteiger charge is 2.49. The first-order valence-electron chi connectivity index (χ1n) is 10.5. The van der Waals surface area contributed by atoms with Gasteiger partial charge in [0.1, 0.15) is 11.5 Å². The molecule has 3 unspecified atom stereocenters. The van der Waals surface area contributed by atoms with Crippen molar-refractivity contribution < 1.29 is 24.8 Å². The molecule has 2 heterocycles. The third-order valence-electron chi connectivity index (χ3n) is 6.29. The average Bonchev–Trinajstić information content (AvgIpc) is 3.45. The van der Waals surface area contributed by atoms with Crippen molar-refractivity contribution in [3.05, 3.63) is 50.7 Å². The number of phenols is 1. The highest BCUT2D eigenvalue weighted by atomic mass is 32.1. The SMILES string of the molecule is CC=Cc1sc(C2(c3cc(C4CC(O)CC(CO)O4)c(O)cc3OC)CC2)cc1C. The van der Waals surface area contributed by atoms with Gasteiger partial charge in [-0.25, -0.2) is 0 Å². The summed E-state index contributed by atoms with van der Waals surface area (Å²) in [4.78, 5) is 2.57. The summed E-state index contributed by atoms with van der Waals surface area (Å²) < 4.78 is 11.6. The molecule has 1 saturated heterocycles. The zero-order valence-electron chi connectivity index (χ0n) is 17.7. The van der Waals surface area contributed by atoms with Crippen molar-refractivity contribution in [3.8, 4) is 11.5 Å². The molecule has 0 spiro atoms. The van der Waals surface area contributed by atoms with Gasteiger partial charge in [-0.15, -0.1) is 11.3 Å². The molecular weight excluding hydrogens is 400 g/mol. The first kappa shape index (κ1) is 21.4. The number of benzene rings is 1. The maximum atomic E-state index is 10.7. The van der Waals surface area contributed by atoms with Crippen LogP contribution in [0, 0.1) is 6.92 Å². The van der Waals surface area contributed by atoms with Crippen molar-refractivity contribution in [2.24, 2.45) is 0 Å². The van der Waals surface area contributed by atoms with E-state index in [1.807, 2.05) is 24.3 Å². The summed E-state index contributed by atoms with van der Waals surface area (Å²) in [6.07, 6.45) is 5.60. The van der Waals surface area contributed by atoms with Gasteiger partial charge in [0.15, 0.2) is 0 Å². The van der Waals surface area contributed by atoms with Crippen molar-refractivity contribution in [1.29, 1.82) is 0 Å². The maximum Gasteiger partial charge on any atom is 0.126 e. The molecule has 30 heavy (non-hydrogen) atoms. The van der Waals surface area contributed by atoms with E-state index < -0.39 is 18.3 Å². The largest absolute Gasteiger partial charge is 0.507 e. The molecule has 5 nitrogen and oxygen atoms in total. The summed E-state index contributed by atoms with van der Waals surface area (Å²) in [6, 6.07) is 5.92. The van der Waals surface area contributed by atoms with Gasteiger partial charge in [0.25, 0.3) is 0 Å². The molecule has 3 N–H and O–H groups in total. The van der Waals surface area contributed by atoms with E-state index in [1.165, 1.54) is 15.3 Å². The molecular formula is C24H30O5S. The van der Waals surface area contributed by atoms with Crippen LogP contribution in [-0.4, -0.2) is 41.2 Å². The molecule has 1 aliphatic heterocycles. The van der Waals surface area contributed by atoms with Gasteiger partial charge >= 0.3 is 0 Å². The first-order chi connectivity index (χ1) is 14.4. The first-order valence-corrected chi connectivity index (χ1v) is 11.3. The number of hydrogen-bond donors (Lipinski definition) is 3. The number of phenolic OH excluding ortho intramolecular Hbond substituents is 1. The number of ether oxygens (including phenoxy) is 2. The van der Waals surface area contributed by atoms with E-state index >= 15 is 0 Å². The van der Waals surface area contributed by atoms with Crippen LogP contribution >= 0.6 is 11.3 Å². The second kappa shape index (κ2) is 8.35. The summed E-state index contributed by atoms with van der Waals surface area (Å²) >= 11 is 1.81. The Morgan fingerprint density at radius 3 is 2.67 bits per heavy atom. The van der Waals surface area contributed by atoms with E-state index in [0.717, 1.165) is 18.4 Å². The lowest BCUT2D eigenvalue weighted by Crippen LogP contribution is -2.33. The standard InChI is InChI=1S/C24H30O5S/c1-4-5-22-14(2)8-23(30-22)24(6-7-24)18-11-17(19(27)12-21(18)28-3)20-10-15(26)9-16(13-25)29-20/h4-5,8,11-12,15-16,20,25-27H,6-7,9-10,13H2,1-3H3. The molecule has 4 rings (SSSR count). The van der Waals surface area contributed by atoms with Crippen molar-refractivity contribution in [3.63, 3.8) is 0 Å². The van der Waals surface area contributed by atoms with Crippen molar-refractivity contribution >= 4 is 17.4 Å². The van der Waals surface area contributed by atoms with Gasteiger partial charge < -0.3 is 24.8 Å². The Hall–Kier alpha value is -1.86. The van der Waals surface area contributed by atoms with Crippen LogP contribution in [0.4, 0.5) is 0 Å². The van der Waals surface area contributed by atoms with Crippen molar-refractivity contribution in [2.75, 3.05) is 13.7 Å².